The highest BCUT2D eigenvalue weighted by Gasteiger charge is 2.38. The van der Waals surface area contributed by atoms with Gasteiger partial charge in [0.05, 0.1) is 11.3 Å². The summed E-state index contributed by atoms with van der Waals surface area (Å²) in [4.78, 5) is 19.1. The number of hydrogen-bond donors (Lipinski definition) is 0. The number of benzene rings is 1. The first-order valence-corrected chi connectivity index (χ1v) is 9.16. The van der Waals surface area contributed by atoms with Crippen LogP contribution >= 0.6 is 11.3 Å². The maximum atomic E-state index is 13.0. The lowest BCUT2D eigenvalue weighted by atomic mass is 10.1. The van der Waals surface area contributed by atoms with Gasteiger partial charge in [0.2, 0.25) is 11.7 Å². The molecular formula is C18H13F4N3O2S. The van der Waals surface area contributed by atoms with Crippen molar-refractivity contribution in [1.29, 1.82) is 0 Å². The number of alkyl halides is 3. The van der Waals surface area contributed by atoms with E-state index in [1.807, 2.05) is 0 Å². The second-order valence-corrected chi connectivity index (χ2v) is 7.49. The Kier molecular flexibility index (Phi) is 4.66. The lowest BCUT2D eigenvalue weighted by Gasteiger charge is -2.27. The molecule has 5 nitrogen and oxygen atoms in total. The third kappa shape index (κ3) is 3.77. The van der Waals surface area contributed by atoms with Crippen LogP contribution in [0.5, 0.6) is 0 Å². The topological polar surface area (TPSA) is 59.2 Å². The molecule has 0 bridgehead atoms. The SMILES string of the molecule is O=C(Cc1ccc(F)cc1)N1CCc2sc(-c3noc(C(F)(F)F)n3)cc2C1. The van der Waals surface area contributed by atoms with Crippen molar-refractivity contribution in [3.8, 4) is 10.7 Å². The first-order chi connectivity index (χ1) is 13.3. The van der Waals surface area contributed by atoms with Crippen molar-refractivity contribution in [2.24, 2.45) is 0 Å². The summed E-state index contributed by atoms with van der Waals surface area (Å²) < 4.78 is 55.1. The zero-order valence-corrected chi connectivity index (χ0v) is 15.1. The van der Waals surface area contributed by atoms with Crippen LogP contribution < -0.4 is 0 Å². The molecule has 3 heterocycles. The predicted molar refractivity (Wildman–Crippen MR) is 91.8 cm³/mol. The van der Waals surface area contributed by atoms with Crippen LogP contribution in [0, 0.1) is 5.82 Å². The molecule has 3 aromatic rings. The minimum absolute atomic E-state index is 0.0936. The molecule has 0 fully saturated rings. The molecule has 28 heavy (non-hydrogen) atoms. The summed E-state index contributed by atoms with van der Waals surface area (Å²) >= 11 is 1.30. The van der Waals surface area contributed by atoms with Gasteiger partial charge in [-0.3, -0.25) is 4.79 Å². The normalized spacial score (nSPS) is 14.2. The average molecular weight is 411 g/mol. The molecule has 1 aromatic carbocycles. The van der Waals surface area contributed by atoms with Gasteiger partial charge in [-0.25, -0.2) is 4.39 Å². The molecule has 1 aliphatic rings. The minimum atomic E-state index is -4.69. The highest BCUT2D eigenvalue weighted by Crippen LogP contribution is 2.35. The van der Waals surface area contributed by atoms with Crippen molar-refractivity contribution in [2.45, 2.75) is 25.6 Å². The van der Waals surface area contributed by atoms with E-state index in [1.165, 1.54) is 23.5 Å². The Balaban J connectivity index is 1.48. The van der Waals surface area contributed by atoms with Gasteiger partial charge in [0.1, 0.15) is 5.82 Å². The molecule has 1 aliphatic heterocycles. The van der Waals surface area contributed by atoms with Gasteiger partial charge in [-0.05, 0) is 35.7 Å². The van der Waals surface area contributed by atoms with Crippen LogP contribution in [0.25, 0.3) is 10.7 Å². The van der Waals surface area contributed by atoms with E-state index in [9.17, 15) is 22.4 Å². The van der Waals surface area contributed by atoms with Gasteiger partial charge < -0.3 is 9.42 Å². The number of halogens is 4. The zero-order chi connectivity index (χ0) is 19.9. The Morgan fingerprint density at radius 3 is 2.68 bits per heavy atom. The first-order valence-electron chi connectivity index (χ1n) is 8.34. The lowest BCUT2D eigenvalue weighted by molar-refractivity contribution is -0.159. The lowest BCUT2D eigenvalue weighted by Crippen LogP contribution is -2.36. The van der Waals surface area contributed by atoms with E-state index in [0.29, 0.717) is 24.4 Å². The predicted octanol–water partition coefficient (Wildman–Crippen LogP) is 4.08. The van der Waals surface area contributed by atoms with Crippen molar-refractivity contribution in [2.75, 3.05) is 6.54 Å². The number of rotatable bonds is 3. The molecule has 0 atom stereocenters. The molecule has 10 heteroatoms. The Morgan fingerprint density at radius 1 is 1.25 bits per heavy atom. The molecule has 0 aliphatic carbocycles. The molecule has 4 rings (SSSR count). The molecule has 0 unspecified atom stereocenters. The van der Waals surface area contributed by atoms with E-state index in [0.717, 1.165) is 16.0 Å². The van der Waals surface area contributed by atoms with Gasteiger partial charge in [-0.1, -0.05) is 17.3 Å². The Bertz CT molecular complexity index is 1010. The van der Waals surface area contributed by atoms with Gasteiger partial charge in [0, 0.05) is 18.0 Å². The fourth-order valence-corrected chi connectivity index (χ4v) is 4.07. The fraction of sp³-hybridized carbons (Fsp3) is 0.278. The summed E-state index contributed by atoms with van der Waals surface area (Å²) in [5.41, 5.74) is 1.58. The molecule has 0 saturated heterocycles. The van der Waals surface area contributed by atoms with Crippen molar-refractivity contribution in [1.82, 2.24) is 15.0 Å². The van der Waals surface area contributed by atoms with Crippen LogP contribution in [-0.2, 0) is 30.4 Å². The second kappa shape index (κ2) is 7.01. The number of amides is 1. The van der Waals surface area contributed by atoms with E-state index in [-0.39, 0.29) is 24.0 Å². The minimum Gasteiger partial charge on any atom is -0.338 e. The summed E-state index contributed by atoms with van der Waals surface area (Å²) in [7, 11) is 0. The van der Waals surface area contributed by atoms with Crippen LogP contribution in [0.3, 0.4) is 0 Å². The average Bonchev–Trinajstić information content (AvgIpc) is 3.29. The Hall–Kier alpha value is -2.75. The van der Waals surface area contributed by atoms with Crippen LogP contribution in [0.2, 0.25) is 0 Å². The van der Waals surface area contributed by atoms with Crippen LogP contribution in [0.4, 0.5) is 17.6 Å². The molecule has 0 radical (unpaired) electrons. The van der Waals surface area contributed by atoms with E-state index in [2.05, 4.69) is 14.7 Å². The fourth-order valence-electron chi connectivity index (χ4n) is 2.98. The number of fused-ring (bicyclic) bond motifs is 1. The maximum Gasteiger partial charge on any atom is 0.471 e. The number of nitrogens with zero attached hydrogens (tertiary/aromatic N) is 3. The van der Waals surface area contributed by atoms with Gasteiger partial charge >= 0.3 is 12.1 Å². The molecule has 1 amide bonds. The largest absolute Gasteiger partial charge is 0.471 e. The molecule has 0 spiro atoms. The highest BCUT2D eigenvalue weighted by atomic mass is 32.1. The third-order valence-corrected chi connectivity index (χ3v) is 5.61. The zero-order valence-electron chi connectivity index (χ0n) is 14.3. The second-order valence-electron chi connectivity index (χ2n) is 6.35. The van der Waals surface area contributed by atoms with E-state index in [4.69, 9.17) is 0 Å². The number of aromatic nitrogens is 2. The summed E-state index contributed by atoms with van der Waals surface area (Å²) in [6.45, 7) is 0.864. The summed E-state index contributed by atoms with van der Waals surface area (Å²) in [5.74, 6) is -1.95. The van der Waals surface area contributed by atoms with Crippen LogP contribution in [0.15, 0.2) is 34.9 Å². The standard InChI is InChI=1S/C18H13F4N3O2S/c19-12-3-1-10(2-4-12)7-15(26)25-6-5-13-11(9-25)8-14(28-13)16-23-17(27-24-16)18(20,21)22/h1-4,8H,5-7,9H2. The molecule has 2 aromatic heterocycles. The van der Waals surface area contributed by atoms with Gasteiger partial charge in [0.25, 0.3) is 0 Å². The Morgan fingerprint density at radius 2 is 2.00 bits per heavy atom. The van der Waals surface area contributed by atoms with Crippen molar-refractivity contribution < 1.29 is 26.9 Å². The Labute approximate surface area is 160 Å². The quantitative estimate of drug-likeness (QED) is 0.610. The van der Waals surface area contributed by atoms with E-state index >= 15 is 0 Å². The molecular weight excluding hydrogens is 398 g/mol. The van der Waals surface area contributed by atoms with Crippen LogP contribution in [-0.4, -0.2) is 27.5 Å². The smallest absolute Gasteiger partial charge is 0.338 e. The first kappa shape index (κ1) is 18.6. The number of hydrogen-bond acceptors (Lipinski definition) is 5. The van der Waals surface area contributed by atoms with Crippen LogP contribution in [0.1, 0.15) is 21.9 Å². The number of carbonyl (C=O) groups is 1. The van der Waals surface area contributed by atoms with Gasteiger partial charge in [-0.2, -0.15) is 18.2 Å². The van der Waals surface area contributed by atoms with E-state index < -0.39 is 12.1 Å². The van der Waals surface area contributed by atoms with Crippen molar-refractivity contribution in [3.05, 3.63) is 58.0 Å². The third-order valence-electron chi connectivity index (χ3n) is 4.38. The molecule has 0 saturated carbocycles. The van der Waals surface area contributed by atoms with Gasteiger partial charge in [-0.15, -0.1) is 11.3 Å². The highest BCUT2D eigenvalue weighted by molar-refractivity contribution is 7.15. The van der Waals surface area contributed by atoms with Crippen molar-refractivity contribution >= 4 is 17.2 Å². The maximum absolute atomic E-state index is 13.0. The van der Waals surface area contributed by atoms with E-state index in [1.54, 1.807) is 23.1 Å². The molecule has 146 valence electrons. The summed E-state index contributed by atoms with van der Waals surface area (Å²) in [5, 5.41) is 3.41. The number of thiophene rings is 1. The summed E-state index contributed by atoms with van der Waals surface area (Å²) in [6.07, 6.45) is -3.93. The summed E-state index contributed by atoms with van der Waals surface area (Å²) in [6, 6.07) is 7.45. The monoisotopic (exact) mass is 411 g/mol. The van der Waals surface area contributed by atoms with Crippen molar-refractivity contribution in [3.63, 3.8) is 0 Å². The van der Waals surface area contributed by atoms with Gasteiger partial charge in [0.15, 0.2) is 0 Å². The molecule has 0 N–H and O–H groups in total. The number of carbonyl (C=O) groups excluding carboxylic acids is 1.